The zero-order chi connectivity index (χ0) is 29.8. The molecule has 9 nitrogen and oxygen atoms in total. The third kappa shape index (κ3) is 4.50. The molecule has 9 heteroatoms. The number of nitrogens with one attached hydrogen (secondary N) is 1. The van der Waals surface area contributed by atoms with Gasteiger partial charge in [0.15, 0.2) is 11.5 Å². The SMILES string of the molecule is CN1CCCC1CCNC(=O)c1cn2c3c(c(N4CCC(c5cnccn5)C4)ccc3c1=O)Oc1cc3ccccc3cc1-2. The molecular formula is C35H34N6O3. The third-order valence-electron chi connectivity index (χ3n) is 9.61. The Bertz CT molecular complexity index is 1970. The fourth-order valence-electron chi connectivity index (χ4n) is 7.20. The Balaban J connectivity index is 1.21. The van der Waals surface area contributed by atoms with E-state index in [4.69, 9.17) is 4.74 Å². The highest BCUT2D eigenvalue weighted by molar-refractivity contribution is 6.02. The standard InChI is InChI=1S/C35H34N6O3/c1-39-15-4-7-25(39)10-12-38-35(43)27-21-41-30-17-22-5-2-3-6-23(22)18-31(30)44-34-29(9-8-26(32(34)41)33(27)42)40-16-11-24(20-40)28-19-36-13-14-37-28/h2-3,5-6,8-9,13-14,17-19,21,24-25H,4,7,10-12,15-16,20H2,1H3,(H,38,43). The third-order valence-corrected chi connectivity index (χ3v) is 9.61. The Kier molecular flexibility index (Phi) is 6.56. The van der Waals surface area contributed by atoms with Crippen LogP contribution >= 0.6 is 0 Å². The molecule has 3 aliphatic rings. The largest absolute Gasteiger partial charge is 0.451 e. The summed E-state index contributed by atoms with van der Waals surface area (Å²) < 4.78 is 8.68. The van der Waals surface area contributed by atoms with Gasteiger partial charge in [0.25, 0.3) is 5.91 Å². The summed E-state index contributed by atoms with van der Waals surface area (Å²) in [7, 11) is 2.13. The number of anilines is 1. The molecule has 8 rings (SSSR count). The van der Waals surface area contributed by atoms with E-state index in [9.17, 15) is 9.59 Å². The lowest BCUT2D eigenvalue weighted by molar-refractivity contribution is 0.0949. The second kappa shape index (κ2) is 10.7. The summed E-state index contributed by atoms with van der Waals surface area (Å²) in [6.45, 7) is 3.22. The number of carbonyl (C=O) groups excluding carboxylic acids is 1. The van der Waals surface area contributed by atoms with Crippen molar-refractivity contribution in [1.29, 1.82) is 0 Å². The minimum absolute atomic E-state index is 0.140. The van der Waals surface area contributed by atoms with Crippen molar-refractivity contribution >= 4 is 33.3 Å². The van der Waals surface area contributed by atoms with E-state index >= 15 is 0 Å². The first-order valence-corrected chi connectivity index (χ1v) is 15.5. The maximum atomic E-state index is 13.9. The fourth-order valence-corrected chi connectivity index (χ4v) is 7.20. The van der Waals surface area contributed by atoms with Crippen LogP contribution in [-0.2, 0) is 0 Å². The maximum Gasteiger partial charge on any atom is 0.256 e. The van der Waals surface area contributed by atoms with Crippen molar-refractivity contribution in [2.24, 2.45) is 0 Å². The summed E-state index contributed by atoms with van der Waals surface area (Å²) in [5.74, 6) is 1.24. The minimum Gasteiger partial charge on any atom is -0.451 e. The molecular weight excluding hydrogens is 552 g/mol. The predicted octanol–water partition coefficient (Wildman–Crippen LogP) is 5.25. The van der Waals surface area contributed by atoms with Gasteiger partial charge in [-0.05, 0) is 74.3 Å². The number of aromatic nitrogens is 3. The van der Waals surface area contributed by atoms with Crippen LogP contribution in [0.5, 0.6) is 11.5 Å². The molecule has 1 amide bonds. The van der Waals surface area contributed by atoms with Crippen LogP contribution in [0.2, 0.25) is 0 Å². The molecule has 0 saturated carbocycles. The number of rotatable bonds is 6. The van der Waals surface area contributed by atoms with Gasteiger partial charge in [0.05, 0.1) is 22.5 Å². The summed E-state index contributed by atoms with van der Waals surface area (Å²) in [6, 6.07) is 16.5. The second-order valence-corrected chi connectivity index (χ2v) is 12.2. The van der Waals surface area contributed by atoms with Gasteiger partial charge in [0.2, 0.25) is 5.43 Å². The zero-order valence-electron chi connectivity index (χ0n) is 24.7. The van der Waals surface area contributed by atoms with Gasteiger partial charge in [-0.3, -0.25) is 19.6 Å². The van der Waals surface area contributed by atoms with E-state index in [0.717, 1.165) is 66.7 Å². The van der Waals surface area contributed by atoms with Crippen LogP contribution in [0, 0.1) is 0 Å². The summed E-state index contributed by atoms with van der Waals surface area (Å²) in [4.78, 5) is 40.9. The first-order chi connectivity index (χ1) is 21.5. The van der Waals surface area contributed by atoms with Gasteiger partial charge in [0.1, 0.15) is 11.1 Å². The first kappa shape index (κ1) is 26.8. The average Bonchev–Trinajstić information content (AvgIpc) is 3.71. The Hall–Kier alpha value is -4.76. The zero-order valence-corrected chi connectivity index (χ0v) is 24.7. The molecule has 0 spiro atoms. The van der Waals surface area contributed by atoms with Crippen molar-refractivity contribution in [2.75, 3.05) is 38.1 Å². The van der Waals surface area contributed by atoms with Gasteiger partial charge in [-0.25, -0.2) is 0 Å². The Morgan fingerprint density at radius 2 is 1.91 bits per heavy atom. The van der Waals surface area contributed by atoms with Crippen molar-refractivity contribution in [3.8, 4) is 17.2 Å². The minimum atomic E-state index is -0.341. The molecule has 2 fully saturated rings. The Morgan fingerprint density at radius 3 is 2.70 bits per heavy atom. The molecule has 1 N–H and O–H groups in total. The number of fused-ring (bicyclic) bond motifs is 3. The first-order valence-electron chi connectivity index (χ1n) is 15.5. The monoisotopic (exact) mass is 586 g/mol. The number of hydrogen-bond acceptors (Lipinski definition) is 7. The number of ether oxygens (including phenoxy) is 1. The van der Waals surface area contributed by atoms with E-state index < -0.39 is 0 Å². The molecule has 0 radical (unpaired) electrons. The van der Waals surface area contributed by atoms with E-state index in [-0.39, 0.29) is 22.8 Å². The van der Waals surface area contributed by atoms with E-state index in [1.807, 2.05) is 41.1 Å². The van der Waals surface area contributed by atoms with Gasteiger partial charge in [0, 0.05) is 56.4 Å². The average molecular weight is 587 g/mol. The number of amides is 1. The molecule has 3 aromatic carbocycles. The van der Waals surface area contributed by atoms with Crippen LogP contribution in [0.1, 0.15) is 47.7 Å². The number of likely N-dealkylation sites (tertiary alicyclic amines) is 1. The van der Waals surface area contributed by atoms with Crippen LogP contribution < -0.4 is 20.4 Å². The number of benzene rings is 3. The van der Waals surface area contributed by atoms with Crippen molar-refractivity contribution in [1.82, 2.24) is 24.8 Å². The number of nitrogens with zero attached hydrogens (tertiary/aromatic N) is 5. The van der Waals surface area contributed by atoms with Crippen molar-refractivity contribution in [3.05, 3.63) is 94.8 Å². The number of hydrogen-bond donors (Lipinski definition) is 1. The lowest BCUT2D eigenvalue weighted by Crippen LogP contribution is -2.34. The predicted molar refractivity (Wildman–Crippen MR) is 171 cm³/mol. The molecule has 44 heavy (non-hydrogen) atoms. The lowest BCUT2D eigenvalue weighted by Gasteiger charge is -2.29. The van der Waals surface area contributed by atoms with Crippen molar-refractivity contribution < 1.29 is 9.53 Å². The van der Waals surface area contributed by atoms with Gasteiger partial charge < -0.3 is 24.4 Å². The van der Waals surface area contributed by atoms with Crippen molar-refractivity contribution in [3.63, 3.8) is 0 Å². The summed E-state index contributed by atoms with van der Waals surface area (Å²) in [5, 5.41) is 5.62. The van der Waals surface area contributed by atoms with E-state index in [1.165, 1.54) is 6.42 Å². The Morgan fingerprint density at radius 1 is 1.05 bits per heavy atom. The van der Waals surface area contributed by atoms with E-state index in [2.05, 4.69) is 50.3 Å². The molecule has 5 aromatic rings. The van der Waals surface area contributed by atoms with Crippen LogP contribution in [0.15, 0.2) is 78.1 Å². The van der Waals surface area contributed by atoms with Crippen LogP contribution in [-0.4, -0.2) is 64.6 Å². The summed E-state index contributed by atoms with van der Waals surface area (Å²) in [6.07, 6.45) is 11.1. The highest BCUT2D eigenvalue weighted by Crippen LogP contribution is 2.47. The van der Waals surface area contributed by atoms with Gasteiger partial charge >= 0.3 is 0 Å². The van der Waals surface area contributed by atoms with Gasteiger partial charge in [-0.2, -0.15) is 0 Å². The Labute approximate surface area is 255 Å². The number of pyridine rings is 1. The molecule has 2 saturated heterocycles. The molecule has 5 heterocycles. The maximum absolute atomic E-state index is 13.9. The molecule has 2 unspecified atom stereocenters. The highest BCUT2D eigenvalue weighted by Gasteiger charge is 2.32. The van der Waals surface area contributed by atoms with Gasteiger partial charge in [-0.1, -0.05) is 24.3 Å². The lowest BCUT2D eigenvalue weighted by atomic mass is 10.0. The van der Waals surface area contributed by atoms with E-state index in [0.29, 0.717) is 35.0 Å². The van der Waals surface area contributed by atoms with Crippen LogP contribution in [0.25, 0.3) is 27.4 Å². The summed E-state index contributed by atoms with van der Waals surface area (Å²) >= 11 is 0. The van der Waals surface area contributed by atoms with E-state index in [1.54, 1.807) is 18.6 Å². The molecule has 0 aliphatic carbocycles. The molecule has 222 valence electrons. The van der Waals surface area contributed by atoms with Crippen LogP contribution in [0.4, 0.5) is 5.69 Å². The molecule has 3 aliphatic heterocycles. The molecule has 2 atom stereocenters. The normalized spacial score (nSPS) is 19.3. The van der Waals surface area contributed by atoms with Crippen molar-refractivity contribution in [2.45, 2.75) is 37.6 Å². The topological polar surface area (TPSA) is 92.6 Å². The smallest absolute Gasteiger partial charge is 0.256 e. The highest BCUT2D eigenvalue weighted by atomic mass is 16.5. The second-order valence-electron chi connectivity index (χ2n) is 12.2. The van der Waals surface area contributed by atoms with Crippen LogP contribution in [0.3, 0.4) is 0 Å². The summed E-state index contributed by atoms with van der Waals surface area (Å²) in [5.41, 5.74) is 3.25. The fraction of sp³-hybridized carbons (Fsp3) is 0.314. The molecule has 0 bridgehead atoms. The quantitative estimate of drug-likeness (QED) is 0.285. The molecule has 2 aromatic heterocycles. The number of carbonyl (C=O) groups is 1. The van der Waals surface area contributed by atoms with Gasteiger partial charge in [-0.15, -0.1) is 0 Å².